The summed E-state index contributed by atoms with van der Waals surface area (Å²) in [6.45, 7) is 14.7. The number of carbonyl (C=O) groups excluding carboxylic acids is 4. The molecular formula is C26H50O13Si2. The fourth-order valence-electron chi connectivity index (χ4n) is 3.89. The molecule has 0 saturated carbocycles. The van der Waals surface area contributed by atoms with Gasteiger partial charge in [-0.2, -0.15) is 0 Å². The highest BCUT2D eigenvalue weighted by molar-refractivity contribution is 6.68. The van der Waals surface area contributed by atoms with Crippen LogP contribution in [0.15, 0.2) is 0 Å². The van der Waals surface area contributed by atoms with E-state index in [1.165, 1.54) is 0 Å². The highest BCUT2D eigenvalue weighted by Gasteiger charge is 2.59. The van der Waals surface area contributed by atoms with Gasteiger partial charge >= 0.3 is 41.5 Å². The third kappa shape index (κ3) is 13.0. The zero-order valence-electron chi connectivity index (χ0n) is 25.9. The monoisotopic (exact) mass is 626 g/mol. The molecular weight excluding hydrogens is 576 g/mol. The van der Waals surface area contributed by atoms with Crippen molar-refractivity contribution in [3.63, 3.8) is 0 Å². The van der Waals surface area contributed by atoms with Gasteiger partial charge in [0.15, 0.2) is 0 Å². The quantitative estimate of drug-likeness (QED) is 0.0665. The lowest BCUT2D eigenvalue weighted by Gasteiger charge is -2.35. The molecule has 0 aromatic carbocycles. The van der Waals surface area contributed by atoms with Crippen molar-refractivity contribution in [2.75, 3.05) is 52.9 Å². The Balaban J connectivity index is 6.63. The van der Waals surface area contributed by atoms with Crippen LogP contribution in [-0.4, -0.2) is 94.3 Å². The van der Waals surface area contributed by atoms with Crippen molar-refractivity contribution in [2.45, 2.75) is 92.2 Å². The van der Waals surface area contributed by atoms with Crippen LogP contribution in [0.3, 0.4) is 0 Å². The standard InChI is InChI=1S/C26H50O13Si2/c1-9-17-31-23(27)19-21(40(33-11-3,34-12-4)35-13-5)25(29)39-26(30)22(20-24(28)32-18-10-2)41(36-14-6,37-15-7)38-16-8/h21-22H,9-20H2,1-8H3. The van der Waals surface area contributed by atoms with Crippen molar-refractivity contribution >= 4 is 41.5 Å². The Morgan fingerprint density at radius 1 is 0.488 bits per heavy atom. The van der Waals surface area contributed by atoms with Gasteiger partial charge in [-0.25, -0.2) is 0 Å². The number of hydrogen-bond acceptors (Lipinski definition) is 13. The van der Waals surface area contributed by atoms with Crippen LogP contribution in [0.2, 0.25) is 11.1 Å². The van der Waals surface area contributed by atoms with Crippen molar-refractivity contribution in [2.24, 2.45) is 0 Å². The van der Waals surface area contributed by atoms with Gasteiger partial charge in [-0.3, -0.25) is 19.2 Å². The fraction of sp³-hybridized carbons (Fsp3) is 0.846. The van der Waals surface area contributed by atoms with E-state index >= 15 is 0 Å². The molecule has 0 fully saturated rings. The fourth-order valence-corrected chi connectivity index (χ4v) is 9.54. The van der Waals surface area contributed by atoms with Crippen molar-refractivity contribution in [1.82, 2.24) is 0 Å². The molecule has 0 spiro atoms. The van der Waals surface area contributed by atoms with Gasteiger partial charge in [-0.05, 0) is 54.4 Å². The maximum Gasteiger partial charge on any atom is 0.516 e. The van der Waals surface area contributed by atoms with Crippen LogP contribution in [0, 0.1) is 0 Å². The van der Waals surface area contributed by atoms with E-state index in [0.29, 0.717) is 12.8 Å². The molecule has 0 bridgehead atoms. The Morgan fingerprint density at radius 3 is 0.976 bits per heavy atom. The molecule has 0 rings (SSSR count). The molecule has 0 aliphatic carbocycles. The largest absolute Gasteiger partial charge is 0.516 e. The molecule has 0 aliphatic rings. The van der Waals surface area contributed by atoms with E-state index in [1.807, 2.05) is 13.8 Å². The van der Waals surface area contributed by atoms with Crippen LogP contribution in [0.1, 0.15) is 81.1 Å². The lowest BCUT2D eigenvalue weighted by atomic mass is 10.3. The van der Waals surface area contributed by atoms with E-state index in [-0.39, 0.29) is 52.9 Å². The van der Waals surface area contributed by atoms with Gasteiger partial charge in [-0.15, -0.1) is 0 Å². The molecule has 0 aliphatic heterocycles. The van der Waals surface area contributed by atoms with Crippen molar-refractivity contribution in [1.29, 1.82) is 0 Å². The van der Waals surface area contributed by atoms with Crippen molar-refractivity contribution in [3.8, 4) is 0 Å². The summed E-state index contributed by atoms with van der Waals surface area (Å²) in [5.41, 5.74) is -2.85. The van der Waals surface area contributed by atoms with Crippen LogP contribution < -0.4 is 0 Å². The molecule has 0 N–H and O–H groups in total. The molecule has 0 aromatic rings. The van der Waals surface area contributed by atoms with E-state index in [2.05, 4.69) is 0 Å². The lowest BCUT2D eigenvalue weighted by Crippen LogP contribution is -2.56. The van der Waals surface area contributed by atoms with Crippen LogP contribution in [-0.2, 0) is 59.9 Å². The summed E-state index contributed by atoms with van der Waals surface area (Å²) < 4.78 is 51.0. The van der Waals surface area contributed by atoms with Crippen LogP contribution in [0.5, 0.6) is 0 Å². The summed E-state index contributed by atoms with van der Waals surface area (Å²) in [5.74, 6) is -3.66. The number of carbonyl (C=O) groups is 4. The minimum atomic E-state index is -3.93. The van der Waals surface area contributed by atoms with Crippen LogP contribution in [0.4, 0.5) is 0 Å². The van der Waals surface area contributed by atoms with Gasteiger partial charge < -0.3 is 40.8 Å². The second-order valence-corrected chi connectivity index (χ2v) is 14.0. The third-order valence-corrected chi connectivity index (χ3v) is 12.1. The summed E-state index contributed by atoms with van der Waals surface area (Å²) in [5, 5.41) is 0. The summed E-state index contributed by atoms with van der Waals surface area (Å²) >= 11 is 0. The molecule has 0 aromatic heterocycles. The molecule has 2 unspecified atom stereocenters. The predicted molar refractivity (Wildman–Crippen MR) is 152 cm³/mol. The second kappa shape index (κ2) is 21.9. The van der Waals surface area contributed by atoms with Gasteiger partial charge in [-0.1, -0.05) is 13.8 Å². The molecule has 240 valence electrons. The van der Waals surface area contributed by atoms with Gasteiger partial charge in [0.2, 0.25) is 0 Å². The highest BCUT2D eigenvalue weighted by Crippen LogP contribution is 2.35. The molecule has 0 amide bonds. The third-order valence-electron chi connectivity index (χ3n) is 5.37. The highest BCUT2D eigenvalue weighted by atomic mass is 28.4. The summed E-state index contributed by atoms with van der Waals surface area (Å²) in [7, 11) is -7.87. The van der Waals surface area contributed by atoms with E-state index in [1.54, 1.807) is 41.5 Å². The van der Waals surface area contributed by atoms with Gasteiger partial charge in [0.05, 0.1) is 26.1 Å². The van der Waals surface area contributed by atoms with E-state index < -0.39 is 65.4 Å². The maximum absolute atomic E-state index is 13.7. The van der Waals surface area contributed by atoms with Gasteiger partial charge in [0.1, 0.15) is 11.1 Å². The maximum atomic E-state index is 13.7. The second-order valence-electron chi connectivity index (χ2n) is 8.50. The first-order chi connectivity index (χ1) is 19.6. The first kappa shape index (κ1) is 39.3. The Morgan fingerprint density at radius 2 is 0.756 bits per heavy atom. The molecule has 41 heavy (non-hydrogen) atoms. The minimum absolute atomic E-state index is 0.106. The van der Waals surface area contributed by atoms with Crippen LogP contribution in [0.25, 0.3) is 0 Å². The van der Waals surface area contributed by atoms with Crippen molar-refractivity contribution < 1.29 is 59.9 Å². The predicted octanol–water partition coefficient (Wildman–Crippen LogP) is 3.58. The summed E-state index contributed by atoms with van der Waals surface area (Å²) in [4.78, 5) is 52.8. The first-order valence-electron chi connectivity index (χ1n) is 14.5. The number of ether oxygens (including phenoxy) is 3. The topological polar surface area (TPSA) is 151 Å². The van der Waals surface area contributed by atoms with Gasteiger partial charge in [0, 0.05) is 39.6 Å². The van der Waals surface area contributed by atoms with Gasteiger partial charge in [0.25, 0.3) is 0 Å². The zero-order chi connectivity index (χ0) is 31.3. The Labute approximate surface area is 246 Å². The van der Waals surface area contributed by atoms with E-state index in [9.17, 15) is 19.2 Å². The average Bonchev–Trinajstić information content (AvgIpc) is 2.92. The number of rotatable bonds is 24. The zero-order valence-corrected chi connectivity index (χ0v) is 27.9. The smallest absolute Gasteiger partial charge is 0.466 e. The Hall–Kier alpha value is -1.73. The average molecular weight is 627 g/mol. The SMILES string of the molecule is CCCOC(=O)CC(C(=O)OC(=O)C(CC(=O)OCCC)[Si](OCC)(OCC)OCC)[Si](OCC)(OCC)OCC. The molecule has 2 atom stereocenters. The molecule has 0 saturated heterocycles. The Kier molecular flexibility index (Phi) is 21.0. The van der Waals surface area contributed by atoms with E-state index in [0.717, 1.165) is 0 Å². The molecule has 0 radical (unpaired) electrons. The number of hydrogen-bond donors (Lipinski definition) is 0. The number of esters is 4. The molecule has 15 heteroatoms. The first-order valence-corrected chi connectivity index (χ1v) is 18.1. The summed E-state index contributed by atoms with van der Waals surface area (Å²) in [6, 6.07) is 0. The lowest BCUT2D eigenvalue weighted by molar-refractivity contribution is -0.165. The van der Waals surface area contributed by atoms with Crippen molar-refractivity contribution in [3.05, 3.63) is 0 Å². The van der Waals surface area contributed by atoms with Crippen LogP contribution >= 0.6 is 0 Å². The summed E-state index contributed by atoms with van der Waals surface area (Å²) in [6.07, 6.45) is 0.122. The van der Waals surface area contributed by atoms with E-state index in [4.69, 9.17) is 40.8 Å². The molecule has 13 nitrogen and oxygen atoms in total. The molecule has 0 heterocycles. The minimum Gasteiger partial charge on any atom is -0.466 e. The normalized spacial score (nSPS) is 13.4. The Bertz CT molecular complexity index is 684.